The molecule has 6 N–H and O–H groups in total. The van der Waals surface area contributed by atoms with E-state index in [1.54, 1.807) is 67.8 Å². The number of benzene rings is 4. The second kappa shape index (κ2) is 23.8. The van der Waals surface area contributed by atoms with Gasteiger partial charge in [-0.3, -0.25) is 30.4 Å². The Morgan fingerprint density at radius 3 is 2.33 bits per heavy atom. The largest absolute Gasteiger partial charge is 0.508 e. The molecule has 20 heteroatoms. The van der Waals surface area contributed by atoms with Gasteiger partial charge < -0.3 is 40.1 Å². The zero-order valence-electron chi connectivity index (χ0n) is 47.3. The van der Waals surface area contributed by atoms with Crippen molar-refractivity contribution in [3.8, 4) is 46.9 Å². The van der Waals surface area contributed by atoms with Crippen molar-refractivity contribution >= 4 is 50.8 Å². The molecule has 5 heterocycles. The number of carbonyl (C=O) groups is 1. The molecule has 3 aliphatic heterocycles. The van der Waals surface area contributed by atoms with Crippen molar-refractivity contribution in [2.45, 2.75) is 84.5 Å². The van der Waals surface area contributed by atoms with Crippen molar-refractivity contribution < 1.29 is 42.4 Å². The van der Waals surface area contributed by atoms with Crippen LogP contribution in [0.2, 0.25) is 0 Å². The van der Waals surface area contributed by atoms with Crippen molar-refractivity contribution in [3.63, 3.8) is 0 Å². The number of piperazine rings is 1. The second-order valence-electron chi connectivity index (χ2n) is 23.6. The highest BCUT2D eigenvalue weighted by Crippen LogP contribution is 2.47. The Morgan fingerprint density at radius 1 is 0.952 bits per heavy atom. The Balaban J connectivity index is 0.744. The molecule has 0 spiro atoms. The van der Waals surface area contributed by atoms with Crippen molar-refractivity contribution in [2.75, 3.05) is 81.9 Å². The first kappa shape index (κ1) is 58.3. The summed E-state index contributed by atoms with van der Waals surface area (Å²) in [5.41, 5.74) is 3.34. The summed E-state index contributed by atoms with van der Waals surface area (Å²) in [6.07, 6.45) is 7.66. The quantitative estimate of drug-likeness (QED) is 0.0187. The van der Waals surface area contributed by atoms with Crippen LogP contribution in [0.4, 0.5) is 29.1 Å². The van der Waals surface area contributed by atoms with E-state index in [-0.39, 0.29) is 51.3 Å². The highest BCUT2D eigenvalue weighted by atomic mass is 19.4. The lowest BCUT2D eigenvalue weighted by atomic mass is 9.95. The summed E-state index contributed by atoms with van der Waals surface area (Å²) in [7, 11) is 0. The maximum atomic E-state index is 17.2. The van der Waals surface area contributed by atoms with Crippen LogP contribution in [0.15, 0.2) is 85.1 Å². The Labute approximate surface area is 480 Å². The molecular weight excluding hydrogens is 1070 g/mol. The molecule has 436 valence electrons. The van der Waals surface area contributed by atoms with E-state index in [1.165, 1.54) is 12.1 Å². The number of alkyl halides is 3. The Bertz CT molecular complexity index is 3510. The lowest BCUT2D eigenvalue weighted by Gasteiger charge is -2.39. The van der Waals surface area contributed by atoms with E-state index in [0.717, 1.165) is 113 Å². The standard InChI is InChI=1S/C63H71F4N11O5/c1-7-43-9-8-10-44-26-46(79)27-49(53(43)44)55-54(64)56-50(30-70-55)59(77-31-38(4)25-39(5)32-77)73-61(72-56)83-36-62(17-18-62)35-76-23-21-75(22-24-76)34-42-15-19-74(20-16-42)33-41-11-13-45(14-12-41)78(58(69)60(82)71-40(6)63(65,66)67)57(68)48-28-47(37(2)3)51(80)29-52(48)81/h1,8-14,26-30,37,39-40,42,68-69,79-81H,4,15-25,31-36H2,2-3,5-6H3,(H,71,82). The molecule has 16 nitrogen and oxygen atoms in total. The monoisotopic (exact) mass is 1140 g/mol. The van der Waals surface area contributed by atoms with Gasteiger partial charge in [0, 0.05) is 98.8 Å². The molecule has 2 unspecified atom stereocenters. The smallest absolute Gasteiger partial charge is 0.408 e. The number of aromatic nitrogens is 3. The maximum Gasteiger partial charge on any atom is 0.408 e. The number of hydrogen-bond acceptors (Lipinski definition) is 14. The first-order valence-corrected chi connectivity index (χ1v) is 28.4. The minimum Gasteiger partial charge on any atom is -0.508 e. The molecule has 3 saturated heterocycles. The summed E-state index contributed by atoms with van der Waals surface area (Å²) in [4.78, 5) is 37.9. The lowest BCUT2D eigenvalue weighted by Crippen LogP contribution is -2.51. The minimum atomic E-state index is -4.77. The highest BCUT2D eigenvalue weighted by molar-refractivity contribution is 6.48. The van der Waals surface area contributed by atoms with Gasteiger partial charge >= 0.3 is 12.2 Å². The Kier molecular flexibility index (Phi) is 16.7. The predicted octanol–water partition coefficient (Wildman–Crippen LogP) is 10.2. The number of phenols is 3. The number of ether oxygens (including phenoxy) is 1. The van der Waals surface area contributed by atoms with E-state index in [9.17, 15) is 33.3 Å². The summed E-state index contributed by atoms with van der Waals surface area (Å²) in [5, 5.41) is 53.3. The number of rotatable bonds is 15. The van der Waals surface area contributed by atoms with Crippen LogP contribution in [0, 0.1) is 46.2 Å². The third-order valence-electron chi connectivity index (χ3n) is 16.7. The number of pyridine rings is 1. The average Bonchev–Trinajstić information content (AvgIpc) is 4.31. The molecule has 83 heavy (non-hydrogen) atoms. The summed E-state index contributed by atoms with van der Waals surface area (Å²) in [6.45, 7) is 20.5. The van der Waals surface area contributed by atoms with Crippen molar-refractivity contribution in [3.05, 3.63) is 113 Å². The zero-order valence-corrected chi connectivity index (χ0v) is 47.3. The van der Waals surface area contributed by atoms with Gasteiger partial charge in [-0.25, -0.2) is 4.39 Å². The third-order valence-corrected chi connectivity index (χ3v) is 16.7. The van der Waals surface area contributed by atoms with Gasteiger partial charge in [-0.2, -0.15) is 23.1 Å². The number of nitrogens with one attached hydrogen (secondary N) is 3. The normalized spacial score (nSPS) is 18.5. The molecule has 0 radical (unpaired) electrons. The van der Waals surface area contributed by atoms with E-state index in [2.05, 4.69) is 44.0 Å². The maximum absolute atomic E-state index is 17.2. The van der Waals surface area contributed by atoms with Gasteiger partial charge in [0.2, 0.25) is 0 Å². The van der Waals surface area contributed by atoms with E-state index >= 15 is 4.39 Å². The van der Waals surface area contributed by atoms with Crippen LogP contribution in [0.5, 0.6) is 23.3 Å². The molecule has 1 amide bonds. The Morgan fingerprint density at radius 2 is 1.66 bits per heavy atom. The topological polar surface area (TPSA) is 202 Å². The van der Waals surface area contributed by atoms with E-state index in [1.807, 2.05) is 6.07 Å². The minimum absolute atomic E-state index is 0.0139. The number of carbonyl (C=O) groups excluding carboxylic acids is 1. The molecule has 2 atom stereocenters. The molecule has 1 saturated carbocycles. The molecule has 10 rings (SSSR count). The number of likely N-dealkylation sites (tertiary alicyclic amines) is 1. The van der Waals surface area contributed by atoms with Gasteiger partial charge in [-0.15, -0.1) is 6.42 Å². The van der Waals surface area contributed by atoms with Gasteiger partial charge in [-0.05, 0) is 123 Å². The van der Waals surface area contributed by atoms with Crippen LogP contribution in [0.3, 0.4) is 0 Å². The van der Waals surface area contributed by atoms with Gasteiger partial charge in [-0.1, -0.05) is 63.1 Å². The number of amidine groups is 2. The van der Waals surface area contributed by atoms with Crippen LogP contribution < -0.4 is 19.9 Å². The van der Waals surface area contributed by atoms with Gasteiger partial charge in [0.15, 0.2) is 11.7 Å². The van der Waals surface area contributed by atoms with Crippen LogP contribution in [-0.4, -0.2) is 147 Å². The number of halogens is 4. The fourth-order valence-corrected chi connectivity index (χ4v) is 12.0. The number of anilines is 2. The van der Waals surface area contributed by atoms with E-state index in [0.29, 0.717) is 76.7 Å². The molecular formula is C63H71F4N11O5. The van der Waals surface area contributed by atoms with Gasteiger partial charge in [0.1, 0.15) is 46.2 Å². The number of terminal acetylenes is 1. The SMILES string of the molecule is C#Cc1cccc2cc(O)cc(-c3ncc4c(N5CC(=C)CC(C)C5)nc(OCC5(CN6CCN(CC7CCN(Cc8ccc(N(C(=N)C(=O)NC(C)C(F)(F)F)C(=N)c9cc(C(C)C)c(O)cc9O)cc8)CC7)CC6)CC5)nc4c3F)c12. The lowest BCUT2D eigenvalue weighted by molar-refractivity contribution is -0.156. The van der Waals surface area contributed by atoms with Gasteiger partial charge in [0.25, 0.3) is 5.91 Å². The summed E-state index contributed by atoms with van der Waals surface area (Å²) in [6, 6.07) is 15.5. The summed E-state index contributed by atoms with van der Waals surface area (Å²) < 4.78 is 64.0. The van der Waals surface area contributed by atoms with E-state index in [4.69, 9.17) is 31.9 Å². The number of fused-ring (bicyclic) bond motifs is 2. The van der Waals surface area contributed by atoms with Crippen molar-refractivity contribution in [2.24, 2.45) is 17.3 Å². The number of nitrogens with zero attached hydrogens (tertiary/aromatic N) is 8. The number of amides is 1. The summed E-state index contributed by atoms with van der Waals surface area (Å²) in [5.74, 6) is -0.412. The molecule has 6 aromatic rings. The second-order valence-corrected chi connectivity index (χ2v) is 23.6. The molecule has 2 aromatic heterocycles. The number of hydrogen-bond donors (Lipinski definition) is 6. The zero-order chi connectivity index (χ0) is 59.1. The van der Waals surface area contributed by atoms with Crippen molar-refractivity contribution in [1.82, 2.24) is 35.0 Å². The first-order chi connectivity index (χ1) is 39.6. The molecule has 4 aromatic carbocycles. The summed E-state index contributed by atoms with van der Waals surface area (Å²) >= 11 is 0. The molecule has 4 fully saturated rings. The molecule has 1 aliphatic carbocycles. The Hall–Kier alpha value is -7.86. The van der Waals surface area contributed by atoms with E-state index < -0.39 is 41.4 Å². The number of phenolic OH excluding ortho intramolecular Hbond substituents is 3. The third kappa shape index (κ3) is 12.9. The molecule has 0 bridgehead atoms. The molecule has 4 aliphatic rings. The number of piperidine rings is 2. The average molecular weight is 1140 g/mol. The van der Waals surface area contributed by atoms with Crippen LogP contribution in [0.1, 0.15) is 88.0 Å². The predicted molar refractivity (Wildman–Crippen MR) is 314 cm³/mol. The first-order valence-electron chi connectivity index (χ1n) is 28.4. The highest BCUT2D eigenvalue weighted by Gasteiger charge is 2.46. The number of aromatic hydroxyl groups is 3. The van der Waals surface area contributed by atoms with Crippen LogP contribution in [-0.2, 0) is 11.3 Å². The fraction of sp³-hybridized carbons (Fsp3) is 0.429. The van der Waals surface area contributed by atoms with Crippen LogP contribution in [0.25, 0.3) is 32.9 Å². The van der Waals surface area contributed by atoms with Crippen molar-refractivity contribution in [1.29, 1.82) is 10.8 Å². The van der Waals surface area contributed by atoms with Crippen LogP contribution >= 0.6 is 0 Å². The fourth-order valence-electron chi connectivity index (χ4n) is 12.0. The van der Waals surface area contributed by atoms with Gasteiger partial charge in [0.05, 0.1) is 17.6 Å².